The van der Waals surface area contributed by atoms with Gasteiger partial charge in [0.15, 0.2) is 11.5 Å². The quantitative estimate of drug-likeness (QED) is 0.744. The molecule has 2 N–H and O–H groups in total. The highest BCUT2D eigenvalue weighted by atomic mass is 79.9. The molecule has 1 aromatic rings. The number of rotatable bonds is 5. The number of carbonyl (C=O) groups excluding carboxylic acids is 2. The molecule has 0 saturated heterocycles. The molecule has 0 fully saturated rings. The van der Waals surface area contributed by atoms with Crippen molar-refractivity contribution in [3.63, 3.8) is 0 Å². The number of ether oxygens (including phenoxy) is 3. The molecular weight excluding hydrogens is 380 g/mol. The minimum absolute atomic E-state index is 0.332. The van der Waals surface area contributed by atoms with E-state index in [-0.39, 0.29) is 0 Å². The van der Waals surface area contributed by atoms with Gasteiger partial charge in [-0.05, 0) is 18.6 Å². The fourth-order valence-electron chi connectivity index (χ4n) is 2.65. The van der Waals surface area contributed by atoms with Crippen molar-refractivity contribution in [2.45, 2.75) is 19.4 Å². The zero-order valence-corrected chi connectivity index (χ0v) is 15.4. The van der Waals surface area contributed by atoms with Gasteiger partial charge in [-0.15, -0.1) is 0 Å². The summed E-state index contributed by atoms with van der Waals surface area (Å²) in [6.07, 6.45) is 0.474. The van der Waals surface area contributed by atoms with Gasteiger partial charge in [-0.2, -0.15) is 0 Å². The van der Waals surface area contributed by atoms with Crippen LogP contribution in [-0.4, -0.2) is 33.3 Å². The van der Waals surface area contributed by atoms with E-state index in [9.17, 15) is 9.59 Å². The van der Waals surface area contributed by atoms with Crippen molar-refractivity contribution in [1.29, 1.82) is 0 Å². The minimum atomic E-state index is -0.720. The SMILES string of the molecule is CCC1=C(C(=O)OC)C(c2cc(Br)cc(OC)c2OC)NC(=O)N1. The van der Waals surface area contributed by atoms with Crippen LogP contribution in [-0.2, 0) is 9.53 Å². The number of urea groups is 1. The molecule has 2 amide bonds. The maximum absolute atomic E-state index is 12.3. The fourth-order valence-corrected chi connectivity index (χ4v) is 3.11. The number of nitrogens with one attached hydrogen (secondary N) is 2. The zero-order valence-electron chi connectivity index (χ0n) is 13.9. The number of esters is 1. The Morgan fingerprint density at radius 1 is 1.25 bits per heavy atom. The highest BCUT2D eigenvalue weighted by Gasteiger charge is 2.35. The summed E-state index contributed by atoms with van der Waals surface area (Å²) in [6.45, 7) is 1.85. The molecule has 130 valence electrons. The normalized spacial score (nSPS) is 17.0. The number of carbonyl (C=O) groups is 2. The number of allylic oxidation sites excluding steroid dienone is 1. The second kappa shape index (κ2) is 7.57. The number of amides is 2. The Hall–Kier alpha value is -2.22. The number of methoxy groups -OCH3 is 3. The van der Waals surface area contributed by atoms with Gasteiger partial charge in [0.05, 0.1) is 32.9 Å². The van der Waals surface area contributed by atoms with Crippen molar-refractivity contribution >= 4 is 27.9 Å². The molecule has 0 bridgehead atoms. The predicted molar refractivity (Wildman–Crippen MR) is 91.0 cm³/mol. The molecule has 0 spiro atoms. The lowest BCUT2D eigenvalue weighted by molar-refractivity contribution is -0.136. The predicted octanol–water partition coefficient (Wildman–Crippen LogP) is 2.66. The third kappa shape index (κ3) is 3.33. The van der Waals surface area contributed by atoms with E-state index >= 15 is 0 Å². The van der Waals surface area contributed by atoms with E-state index in [4.69, 9.17) is 14.2 Å². The van der Waals surface area contributed by atoms with Crippen LogP contribution in [0.5, 0.6) is 11.5 Å². The standard InChI is InChI=1S/C16H19BrN2O5/c1-5-10-12(15(20)24-4)13(19-16(21)18-10)9-6-8(17)7-11(22-2)14(9)23-3/h6-7,13H,5H2,1-4H3,(H2,18,19,21). The Bertz CT molecular complexity index is 702. The zero-order chi connectivity index (χ0) is 17.9. The lowest BCUT2D eigenvalue weighted by atomic mass is 9.93. The van der Waals surface area contributed by atoms with Crippen LogP contribution in [0.4, 0.5) is 4.79 Å². The molecule has 24 heavy (non-hydrogen) atoms. The summed E-state index contributed by atoms with van der Waals surface area (Å²) in [6, 6.07) is 2.40. The molecule has 0 saturated carbocycles. The third-order valence-corrected chi connectivity index (χ3v) is 4.15. The van der Waals surface area contributed by atoms with Gasteiger partial charge >= 0.3 is 12.0 Å². The molecule has 1 unspecified atom stereocenters. The van der Waals surface area contributed by atoms with Gasteiger partial charge < -0.3 is 24.8 Å². The van der Waals surface area contributed by atoms with Gasteiger partial charge in [0.1, 0.15) is 0 Å². The van der Waals surface area contributed by atoms with Crippen molar-refractivity contribution in [3.8, 4) is 11.5 Å². The maximum atomic E-state index is 12.3. The number of hydrogen-bond donors (Lipinski definition) is 2. The first-order valence-electron chi connectivity index (χ1n) is 7.27. The smallest absolute Gasteiger partial charge is 0.337 e. The van der Waals surface area contributed by atoms with Crippen molar-refractivity contribution in [2.75, 3.05) is 21.3 Å². The summed E-state index contributed by atoms with van der Waals surface area (Å²) in [7, 11) is 4.32. The van der Waals surface area contributed by atoms with Crippen LogP contribution in [0.15, 0.2) is 27.9 Å². The first-order valence-corrected chi connectivity index (χ1v) is 8.06. The minimum Gasteiger partial charge on any atom is -0.493 e. The summed E-state index contributed by atoms with van der Waals surface area (Å²) >= 11 is 3.41. The topological polar surface area (TPSA) is 85.9 Å². The van der Waals surface area contributed by atoms with Gasteiger partial charge in [-0.3, -0.25) is 0 Å². The van der Waals surface area contributed by atoms with Crippen molar-refractivity contribution < 1.29 is 23.8 Å². The number of halogens is 1. The molecule has 8 heteroatoms. The van der Waals surface area contributed by atoms with Crippen molar-refractivity contribution in [1.82, 2.24) is 10.6 Å². The second-order valence-corrected chi connectivity index (χ2v) is 5.92. The number of hydrogen-bond acceptors (Lipinski definition) is 5. The first kappa shape index (κ1) is 18.1. The van der Waals surface area contributed by atoms with E-state index in [1.165, 1.54) is 21.3 Å². The lowest BCUT2D eigenvalue weighted by Crippen LogP contribution is -2.45. The summed E-state index contributed by atoms with van der Waals surface area (Å²) in [4.78, 5) is 24.3. The molecule has 0 aromatic heterocycles. The molecule has 0 radical (unpaired) electrons. The highest BCUT2D eigenvalue weighted by Crippen LogP contribution is 2.41. The van der Waals surface area contributed by atoms with Crippen LogP contribution in [0.2, 0.25) is 0 Å². The highest BCUT2D eigenvalue weighted by molar-refractivity contribution is 9.10. The van der Waals surface area contributed by atoms with E-state index in [1.54, 1.807) is 12.1 Å². The van der Waals surface area contributed by atoms with Crippen molar-refractivity contribution in [3.05, 3.63) is 33.4 Å². The van der Waals surface area contributed by atoms with Crippen LogP contribution in [0.25, 0.3) is 0 Å². The van der Waals surface area contributed by atoms with E-state index in [0.29, 0.717) is 34.8 Å². The Kier molecular flexibility index (Phi) is 5.71. The van der Waals surface area contributed by atoms with E-state index in [0.717, 1.165) is 4.47 Å². The van der Waals surface area contributed by atoms with Crippen LogP contribution in [0.3, 0.4) is 0 Å². The lowest BCUT2D eigenvalue weighted by Gasteiger charge is -2.30. The Balaban J connectivity index is 2.70. The molecule has 1 aromatic carbocycles. The molecule has 2 rings (SSSR count). The Morgan fingerprint density at radius 3 is 2.50 bits per heavy atom. The monoisotopic (exact) mass is 398 g/mol. The van der Waals surface area contributed by atoms with Crippen LogP contribution in [0, 0.1) is 0 Å². The summed E-state index contributed by atoms with van der Waals surface area (Å²) in [5.74, 6) is 0.395. The summed E-state index contributed by atoms with van der Waals surface area (Å²) < 4.78 is 16.4. The average molecular weight is 399 g/mol. The van der Waals surface area contributed by atoms with E-state index in [1.807, 2.05) is 6.92 Å². The second-order valence-electron chi connectivity index (χ2n) is 5.00. The number of benzene rings is 1. The average Bonchev–Trinajstić information content (AvgIpc) is 2.59. The van der Waals surface area contributed by atoms with Crippen molar-refractivity contribution in [2.24, 2.45) is 0 Å². The van der Waals surface area contributed by atoms with Gasteiger partial charge in [-0.1, -0.05) is 22.9 Å². The molecule has 7 nitrogen and oxygen atoms in total. The fraction of sp³-hybridized carbons (Fsp3) is 0.375. The van der Waals surface area contributed by atoms with Gasteiger partial charge in [0.2, 0.25) is 0 Å². The molecule has 1 aliphatic rings. The van der Waals surface area contributed by atoms with E-state index < -0.39 is 18.0 Å². The van der Waals surface area contributed by atoms with Gasteiger partial charge in [0, 0.05) is 15.7 Å². The molecule has 1 aliphatic heterocycles. The van der Waals surface area contributed by atoms with Crippen LogP contribution in [0.1, 0.15) is 24.9 Å². The Morgan fingerprint density at radius 2 is 1.96 bits per heavy atom. The first-order chi connectivity index (χ1) is 11.5. The van der Waals surface area contributed by atoms with Gasteiger partial charge in [-0.25, -0.2) is 9.59 Å². The summed E-state index contributed by atoms with van der Waals surface area (Å²) in [5, 5.41) is 5.41. The van der Waals surface area contributed by atoms with Crippen LogP contribution >= 0.6 is 15.9 Å². The maximum Gasteiger partial charge on any atom is 0.337 e. The van der Waals surface area contributed by atoms with Crippen LogP contribution < -0.4 is 20.1 Å². The third-order valence-electron chi connectivity index (χ3n) is 3.70. The molecule has 1 atom stereocenters. The molecule has 1 heterocycles. The Labute approximate surface area is 148 Å². The molecule has 0 aliphatic carbocycles. The molecular formula is C16H19BrN2O5. The van der Waals surface area contributed by atoms with E-state index in [2.05, 4.69) is 26.6 Å². The summed E-state index contributed by atoms with van der Waals surface area (Å²) in [5.41, 5.74) is 1.43. The largest absolute Gasteiger partial charge is 0.493 e. The van der Waals surface area contributed by atoms with Gasteiger partial charge in [0.25, 0.3) is 0 Å².